The van der Waals surface area contributed by atoms with Crippen LogP contribution < -0.4 is 10.1 Å². The maximum atomic E-state index is 12.4. The summed E-state index contributed by atoms with van der Waals surface area (Å²) in [6.45, 7) is 5.06. The van der Waals surface area contributed by atoms with Crippen LogP contribution in [0.1, 0.15) is 18.3 Å². The lowest BCUT2D eigenvalue weighted by molar-refractivity contribution is -0.113. The van der Waals surface area contributed by atoms with Gasteiger partial charge in [0.15, 0.2) is 16.1 Å². The molecule has 1 amide bonds. The average Bonchev–Trinajstić information content (AvgIpc) is 3.33. The van der Waals surface area contributed by atoms with Gasteiger partial charge < -0.3 is 14.6 Å². The van der Waals surface area contributed by atoms with Gasteiger partial charge in [-0.05, 0) is 43.7 Å². The Morgan fingerprint density at radius 2 is 2.07 bits per heavy atom. The molecule has 0 aliphatic rings. The van der Waals surface area contributed by atoms with Gasteiger partial charge in [0, 0.05) is 6.54 Å². The number of carbonyl (C=O) groups is 1. The highest BCUT2D eigenvalue weighted by Crippen LogP contribution is 2.26. The van der Waals surface area contributed by atoms with E-state index >= 15 is 0 Å². The molecule has 0 atom stereocenters. The molecule has 2 aromatic heterocycles. The van der Waals surface area contributed by atoms with Crippen LogP contribution in [0.5, 0.6) is 5.75 Å². The highest BCUT2D eigenvalue weighted by atomic mass is 32.2. The number of benzene rings is 2. The van der Waals surface area contributed by atoms with Crippen molar-refractivity contribution in [3.8, 4) is 5.75 Å². The number of nitrogens with zero attached hydrogens (tertiary/aromatic N) is 4. The fourth-order valence-electron chi connectivity index (χ4n) is 2.91. The molecule has 0 radical (unpaired) electrons. The summed E-state index contributed by atoms with van der Waals surface area (Å²) in [4.78, 5) is 16.8. The lowest BCUT2D eigenvalue weighted by Gasteiger charge is -2.09. The van der Waals surface area contributed by atoms with Crippen molar-refractivity contribution in [1.82, 2.24) is 19.7 Å². The van der Waals surface area contributed by atoms with Crippen molar-refractivity contribution in [3.63, 3.8) is 0 Å². The summed E-state index contributed by atoms with van der Waals surface area (Å²) in [5.74, 6) is 1.63. The first kappa shape index (κ1) is 20.4. The highest BCUT2D eigenvalue weighted by Gasteiger charge is 2.15. The molecule has 9 heteroatoms. The third kappa shape index (κ3) is 4.80. The van der Waals surface area contributed by atoms with Crippen LogP contribution in [0.3, 0.4) is 0 Å². The molecule has 2 aromatic carbocycles. The van der Waals surface area contributed by atoms with E-state index < -0.39 is 0 Å². The van der Waals surface area contributed by atoms with Crippen molar-refractivity contribution < 1.29 is 9.53 Å². The molecular formula is C21H21N5O2S2. The average molecular weight is 440 g/mol. The predicted octanol–water partition coefficient (Wildman–Crippen LogP) is 4.53. The second kappa shape index (κ2) is 9.27. The molecule has 2 heterocycles. The standard InChI is InChI=1S/C21H21N5O2S2/c1-3-26-18(12-28-15-8-6-7-14(2)11-15)24-25-21(26)29-13-19(27)23-20-22-16-9-4-5-10-17(16)30-20/h4-11H,3,12-13H2,1-2H3,(H,22,23,27). The summed E-state index contributed by atoms with van der Waals surface area (Å²) in [5.41, 5.74) is 2.02. The molecule has 0 bridgehead atoms. The van der Waals surface area contributed by atoms with E-state index in [0.717, 1.165) is 27.4 Å². The van der Waals surface area contributed by atoms with Gasteiger partial charge in [0.05, 0.1) is 16.0 Å². The number of rotatable bonds is 8. The second-order valence-electron chi connectivity index (χ2n) is 6.57. The second-order valence-corrected chi connectivity index (χ2v) is 8.54. The lowest BCUT2D eigenvalue weighted by Crippen LogP contribution is -2.14. The van der Waals surface area contributed by atoms with Crippen molar-refractivity contribution >= 4 is 44.4 Å². The Kier molecular flexibility index (Phi) is 6.29. The predicted molar refractivity (Wildman–Crippen MR) is 120 cm³/mol. The number of carbonyl (C=O) groups excluding carboxylic acids is 1. The van der Waals surface area contributed by atoms with E-state index in [2.05, 4.69) is 20.5 Å². The van der Waals surface area contributed by atoms with Gasteiger partial charge in [0.2, 0.25) is 5.91 Å². The minimum Gasteiger partial charge on any atom is -0.486 e. The van der Waals surface area contributed by atoms with Crippen molar-refractivity contribution in [1.29, 1.82) is 0 Å². The number of fused-ring (bicyclic) bond motifs is 1. The number of para-hydroxylation sites is 1. The van der Waals surface area contributed by atoms with Crippen LogP contribution in [-0.4, -0.2) is 31.4 Å². The SMILES string of the molecule is CCn1c(COc2cccc(C)c2)nnc1SCC(=O)Nc1nc2ccccc2s1. The Hall–Kier alpha value is -2.91. The largest absolute Gasteiger partial charge is 0.486 e. The molecule has 4 aromatic rings. The van der Waals surface area contributed by atoms with E-state index in [1.54, 1.807) is 0 Å². The minimum absolute atomic E-state index is 0.123. The first-order chi connectivity index (χ1) is 14.6. The molecule has 0 unspecified atom stereocenters. The van der Waals surface area contributed by atoms with Crippen molar-refractivity contribution in [3.05, 3.63) is 59.9 Å². The van der Waals surface area contributed by atoms with Crippen LogP contribution in [-0.2, 0) is 17.9 Å². The topological polar surface area (TPSA) is 81.9 Å². The molecule has 0 saturated heterocycles. The first-order valence-electron chi connectivity index (χ1n) is 9.52. The van der Waals surface area contributed by atoms with Gasteiger partial charge in [-0.15, -0.1) is 10.2 Å². The number of aromatic nitrogens is 4. The van der Waals surface area contributed by atoms with Gasteiger partial charge in [-0.2, -0.15) is 0 Å². The van der Waals surface area contributed by atoms with Gasteiger partial charge in [0.25, 0.3) is 0 Å². The van der Waals surface area contributed by atoms with Crippen LogP contribution in [0.4, 0.5) is 5.13 Å². The molecule has 1 N–H and O–H groups in total. The molecule has 0 fully saturated rings. The van der Waals surface area contributed by atoms with Crippen LogP contribution >= 0.6 is 23.1 Å². The Morgan fingerprint density at radius 1 is 1.20 bits per heavy atom. The van der Waals surface area contributed by atoms with Crippen LogP contribution in [0.2, 0.25) is 0 Å². The third-order valence-electron chi connectivity index (χ3n) is 4.34. The smallest absolute Gasteiger partial charge is 0.236 e. The number of hydrogen-bond donors (Lipinski definition) is 1. The summed E-state index contributed by atoms with van der Waals surface area (Å²) in [6, 6.07) is 15.7. The summed E-state index contributed by atoms with van der Waals surface area (Å²) in [5, 5.41) is 12.6. The zero-order chi connectivity index (χ0) is 20.9. The molecule has 4 rings (SSSR count). The van der Waals surface area contributed by atoms with E-state index in [1.807, 2.05) is 66.9 Å². The van der Waals surface area contributed by atoms with Crippen molar-refractivity contribution in [2.45, 2.75) is 32.2 Å². The van der Waals surface area contributed by atoms with Gasteiger partial charge in [0.1, 0.15) is 12.4 Å². The number of nitrogens with one attached hydrogen (secondary N) is 1. The Labute approximate surface area is 182 Å². The highest BCUT2D eigenvalue weighted by molar-refractivity contribution is 7.99. The van der Waals surface area contributed by atoms with E-state index in [-0.39, 0.29) is 11.7 Å². The number of thiazole rings is 1. The van der Waals surface area contributed by atoms with Crippen LogP contribution in [0, 0.1) is 6.92 Å². The van der Waals surface area contributed by atoms with Gasteiger partial charge in [-0.25, -0.2) is 4.98 Å². The molecular weight excluding hydrogens is 418 g/mol. The van der Waals surface area contributed by atoms with Gasteiger partial charge >= 0.3 is 0 Å². The van der Waals surface area contributed by atoms with Crippen LogP contribution in [0.15, 0.2) is 53.7 Å². The maximum Gasteiger partial charge on any atom is 0.236 e. The molecule has 0 aliphatic carbocycles. The lowest BCUT2D eigenvalue weighted by atomic mass is 10.2. The van der Waals surface area contributed by atoms with E-state index in [0.29, 0.717) is 23.4 Å². The van der Waals surface area contributed by atoms with E-state index in [9.17, 15) is 4.79 Å². The Morgan fingerprint density at radius 3 is 2.87 bits per heavy atom. The van der Waals surface area contributed by atoms with Gasteiger partial charge in [-0.1, -0.05) is 47.4 Å². The summed E-state index contributed by atoms with van der Waals surface area (Å²) >= 11 is 2.81. The normalized spacial score (nSPS) is 11.0. The zero-order valence-electron chi connectivity index (χ0n) is 16.7. The number of amides is 1. The first-order valence-corrected chi connectivity index (χ1v) is 11.3. The molecule has 30 heavy (non-hydrogen) atoms. The minimum atomic E-state index is -0.123. The molecule has 7 nitrogen and oxygen atoms in total. The summed E-state index contributed by atoms with van der Waals surface area (Å²) in [7, 11) is 0. The third-order valence-corrected chi connectivity index (χ3v) is 6.26. The molecule has 154 valence electrons. The van der Waals surface area contributed by atoms with E-state index in [1.165, 1.54) is 23.1 Å². The Balaban J connectivity index is 1.35. The zero-order valence-corrected chi connectivity index (χ0v) is 18.3. The number of ether oxygens (including phenoxy) is 1. The maximum absolute atomic E-state index is 12.4. The van der Waals surface area contributed by atoms with E-state index in [4.69, 9.17) is 4.74 Å². The molecule has 0 spiro atoms. The summed E-state index contributed by atoms with van der Waals surface area (Å²) in [6.07, 6.45) is 0. The summed E-state index contributed by atoms with van der Waals surface area (Å²) < 4.78 is 8.85. The van der Waals surface area contributed by atoms with Gasteiger partial charge in [-0.3, -0.25) is 4.79 Å². The number of anilines is 1. The number of aryl methyl sites for hydroxylation is 1. The number of thioether (sulfide) groups is 1. The fourth-order valence-corrected chi connectivity index (χ4v) is 4.62. The number of hydrogen-bond acceptors (Lipinski definition) is 7. The molecule has 0 saturated carbocycles. The quantitative estimate of drug-likeness (QED) is 0.406. The Bertz CT molecular complexity index is 1140. The fraction of sp³-hybridized carbons (Fsp3) is 0.238. The van der Waals surface area contributed by atoms with Crippen molar-refractivity contribution in [2.24, 2.45) is 0 Å². The monoisotopic (exact) mass is 439 g/mol. The molecule has 0 aliphatic heterocycles. The van der Waals surface area contributed by atoms with Crippen LogP contribution in [0.25, 0.3) is 10.2 Å². The van der Waals surface area contributed by atoms with Crippen molar-refractivity contribution in [2.75, 3.05) is 11.1 Å².